The van der Waals surface area contributed by atoms with Crippen LogP contribution in [0.4, 0.5) is 0 Å². The lowest BCUT2D eigenvalue weighted by molar-refractivity contribution is -0.162. The standard InChI is InChI=1S/C41H45Cl2NO4Si/c1-40(2,3)49(33-14-7-5-8-15-33,34-16-9-6-10-17-34)48-27-36(28-18-19-28)44-38(29-20-22-31(42)23-21-29)35(30-12-11-13-32(43)24-30)25-41(4,39(44)47)26-37(45)46/h5-17,20-24,28,35-36,38H,18-19,25-27H2,1-4H3,(H,45,46)/t35-,36?,38-,41-/m1/s1. The molecule has 1 heterocycles. The number of rotatable bonds is 11. The second-order valence-electron chi connectivity index (χ2n) is 15.1. The molecule has 0 spiro atoms. The van der Waals surface area contributed by atoms with Crippen molar-refractivity contribution in [3.8, 4) is 0 Å². The Morgan fingerprint density at radius 3 is 1.98 bits per heavy atom. The molecule has 2 aliphatic rings. The van der Waals surface area contributed by atoms with E-state index in [0.29, 0.717) is 23.1 Å². The molecule has 0 aromatic heterocycles. The van der Waals surface area contributed by atoms with Crippen molar-refractivity contribution in [2.75, 3.05) is 6.61 Å². The Bertz CT molecular complexity index is 1740. The van der Waals surface area contributed by atoms with Gasteiger partial charge in [0.25, 0.3) is 8.32 Å². The molecule has 6 rings (SSSR count). The SMILES string of the molecule is CC(C)(C)[Si](OCC(C1CC1)N1C(=O)[C@@](C)(CC(=O)O)C[C@H](c2cccc(Cl)c2)[C@H]1c1ccc(Cl)cc1)(c1ccccc1)c1ccccc1. The Hall–Kier alpha value is -3.42. The second-order valence-corrected chi connectivity index (χ2v) is 20.3. The van der Waals surface area contributed by atoms with Crippen LogP contribution < -0.4 is 10.4 Å². The largest absolute Gasteiger partial charge is 0.481 e. The number of aliphatic carboxylic acids is 1. The molecule has 1 unspecified atom stereocenters. The molecule has 4 aromatic carbocycles. The molecule has 1 aliphatic carbocycles. The topological polar surface area (TPSA) is 66.8 Å². The number of amides is 1. The predicted molar refractivity (Wildman–Crippen MR) is 200 cm³/mol. The maximum atomic E-state index is 15.1. The highest BCUT2D eigenvalue weighted by Crippen LogP contribution is 2.54. The molecule has 0 bridgehead atoms. The summed E-state index contributed by atoms with van der Waals surface area (Å²) in [6, 6.07) is 35.9. The molecule has 1 saturated heterocycles. The molecule has 4 atom stereocenters. The number of piperidine rings is 1. The molecule has 2 fully saturated rings. The fraction of sp³-hybridized carbons (Fsp3) is 0.366. The van der Waals surface area contributed by atoms with E-state index in [-0.39, 0.29) is 41.3 Å². The lowest BCUT2D eigenvalue weighted by Gasteiger charge is -2.53. The maximum absolute atomic E-state index is 15.1. The van der Waals surface area contributed by atoms with E-state index in [0.717, 1.165) is 24.0 Å². The molecule has 1 aliphatic heterocycles. The number of carbonyl (C=O) groups is 2. The third kappa shape index (κ3) is 7.11. The minimum Gasteiger partial charge on any atom is -0.481 e. The highest BCUT2D eigenvalue weighted by atomic mass is 35.5. The van der Waals surface area contributed by atoms with Crippen molar-refractivity contribution < 1.29 is 19.1 Å². The number of hydrogen-bond donors (Lipinski definition) is 1. The molecule has 4 aromatic rings. The predicted octanol–water partition coefficient (Wildman–Crippen LogP) is 8.89. The van der Waals surface area contributed by atoms with Crippen molar-refractivity contribution in [1.29, 1.82) is 0 Å². The summed E-state index contributed by atoms with van der Waals surface area (Å²) in [7, 11) is -2.94. The first kappa shape index (κ1) is 35.4. The average molecular weight is 715 g/mol. The van der Waals surface area contributed by atoms with Crippen LogP contribution in [-0.4, -0.2) is 42.8 Å². The lowest BCUT2D eigenvalue weighted by atomic mass is 9.67. The Morgan fingerprint density at radius 1 is 0.878 bits per heavy atom. The van der Waals surface area contributed by atoms with Crippen LogP contribution in [0.3, 0.4) is 0 Å². The first-order valence-corrected chi connectivity index (χ1v) is 19.8. The van der Waals surface area contributed by atoms with Gasteiger partial charge in [0.15, 0.2) is 0 Å². The molecular formula is C41H45Cl2NO4Si. The first-order valence-electron chi connectivity index (χ1n) is 17.1. The summed E-state index contributed by atoms with van der Waals surface area (Å²) in [5.74, 6) is -1.12. The van der Waals surface area contributed by atoms with Gasteiger partial charge in [-0.05, 0) is 76.0 Å². The molecule has 5 nitrogen and oxygen atoms in total. The highest BCUT2D eigenvalue weighted by Gasteiger charge is 2.56. The molecule has 1 amide bonds. The van der Waals surface area contributed by atoms with Crippen LogP contribution >= 0.6 is 23.2 Å². The third-order valence-corrected chi connectivity index (χ3v) is 16.0. The van der Waals surface area contributed by atoms with Crippen molar-refractivity contribution in [2.24, 2.45) is 11.3 Å². The summed E-state index contributed by atoms with van der Waals surface area (Å²) >= 11 is 13.0. The van der Waals surface area contributed by atoms with Crippen molar-refractivity contribution in [1.82, 2.24) is 4.90 Å². The van der Waals surface area contributed by atoms with Crippen LogP contribution in [0.2, 0.25) is 15.1 Å². The summed E-state index contributed by atoms with van der Waals surface area (Å²) < 4.78 is 7.53. The van der Waals surface area contributed by atoms with Gasteiger partial charge in [0, 0.05) is 16.0 Å². The van der Waals surface area contributed by atoms with Gasteiger partial charge < -0.3 is 14.4 Å². The molecular weight excluding hydrogens is 669 g/mol. The van der Waals surface area contributed by atoms with Crippen LogP contribution in [-0.2, 0) is 14.0 Å². The molecule has 0 radical (unpaired) electrons. The van der Waals surface area contributed by atoms with E-state index in [1.54, 1.807) is 0 Å². The van der Waals surface area contributed by atoms with Gasteiger partial charge in [-0.25, -0.2) is 0 Å². The van der Waals surface area contributed by atoms with Crippen molar-refractivity contribution >= 4 is 53.8 Å². The number of nitrogens with zero attached hydrogens (tertiary/aromatic N) is 1. The summed E-state index contributed by atoms with van der Waals surface area (Å²) in [4.78, 5) is 29.5. The van der Waals surface area contributed by atoms with Gasteiger partial charge >= 0.3 is 5.97 Å². The number of halogens is 2. The number of likely N-dealkylation sites (tertiary alicyclic amines) is 1. The van der Waals surface area contributed by atoms with Crippen LogP contribution in [0.5, 0.6) is 0 Å². The van der Waals surface area contributed by atoms with Gasteiger partial charge in [-0.3, -0.25) is 9.59 Å². The lowest BCUT2D eigenvalue weighted by Crippen LogP contribution is -2.68. The molecule has 256 valence electrons. The first-order chi connectivity index (χ1) is 23.3. The summed E-state index contributed by atoms with van der Waals surface area (Å²) in [6.07, 6.45) is 2.06. The van der Waals surface area contributed by atoms with Gasteiger partial charge in [0.2, 0.25) is 5.91 Å². The zero-order valence-corrected chi connectivity index (χ0v) is 31.1. The Kier molecular flexibility index (Phi) is 10.2. The Labute approximate surface area is 301 Å². The molecule has 49 heavy (non-hydrogen) atoms. The fourth-order valence-electron chi connectivity index (χ4n) is 8.14. The van der Waals surface area contributed by atoms with Crippen LogP contribution in [0.1, 0.15) is 76.5 Å². The quantitative estimate of drug-likeness (QED) is 0.158. The van der Waals surface area contributed by atoms with Gasteiger partial charge in [-0.2, -0.15) is 0 Å². The normalized spacial score (nSPS) is 22.2. The van der Waals surface area contributed by atoms with Gasteiger partial charge in [-0.1, -0.05) is 136 Å². The smallest absolute Gasteiger partial charge is 0.304 e. The van der Waals surface area contributed by atoms with Crippen LogP contribution in [0.15, 0.2) is 109 Å². The minimum atomic E-state index is -2.94. The van der Waals surface area contributed by atoms with Crippen molar-refractivity contribution in [3.63, 3.8) is 0 Å². The van der Waals surface area contributed by atoms with Gasteiger partial charge in [0.05, 0.1) is 30.5 Å². The van der Waals surface area contributed by atoms with E-state index < -0.39 is 19.7 Å². The van der Waals surface area contributed by atoms with Crippen molar-refractivity contribution in [3.05, 3.63) is 130 Å². The zero-order chi connectivity index (χ0) is 35.0. The van der Waals surface area contributed by atoms with E-state index in [2.05, 4.69) is 69.3 Å². The Morgan fingerprint density at radius 2 is 1.47 bits per heavy atom. The average Bonchev–Trinajstić information content (AvgIpc) is 3.91. The summed E-state index contributed by atoms with van der Waals surface area (Å²) in [5, 5.41) is 13.5. The fourth-order valence-corrected chi connectivity index (χ4v) is 13.0. The Balaban J connectivity index is 1.52. The number of carbonyl (C=O) groups excluding carboxylic acids is 1. The van der Waals surface area contributed by atoms with Gasteiger partial charge in [0.1, 0.15) is 0 Å². The van der Waals surface area contributed by atoms with E-state index >= 15 is 4.79 Å². The number of benzene rings is 4. The van der Waals surface area contributed by atoms with Crippen LogP contribution in [0, 0.1) is 11.3 Å². The number of carboxylic acid groups (broad SMARTS) is 1. The highest BCUT2D eigenvalue weighted by molar-refractivity contribution is 6.99. The number of carboxylic acids is 1. The van der Waals surface area contributed by atoms with Crippen LogP contribution in [0.25, 0.3) is 0 Å². The number of hydrogen-bond acceptors (Lipinski definition) is 3. The molecule has 1 saturated carbocycles. The van der Waals surface area contributed by atoms with E-state index in [4.69, 9.17) is 27.6 Å². The second kappa shape index (κ2) is 14.1. The molecule has 8 heteroatoms. The minimum absolute atomic E-state index is 0.143. The van der Waals surface area contributed by atoms with E-state index in [9.17, 15) is 9.90 Å². The monoisotopic (exact) mass is 713 g/mol. The zero-order valence-electron chi connectivity index (χ0n) is 28.6. The maximum Gasteiger partial charge on any atom is 0.304 e. The van der Waals surface area contributed by atoms with E-state index in [1.807, 2.05) is 72.5 Å². The summed E-state index contributed by atoms with van der Waals surface area (Å²) in [5.41, 5.74) is 0.798. The van der Waals surface area contributed by atoms with E-state index in [1.165, 1.54) is 10.4 Å². The van der Waals surface area contributed by atoms with Crippen molar-refractivity contribution in [2.45, 2.75) is 76.4 Å². The summed E-state index contributed by atoms with van der Waals surface area (Å²) in [6.45, 7) is 8.92. The molecule has 1 N–H and O–H groups in total. The third-order valence-electron chi connectivity index (χ3n) is 10.5. The van der Waals surface area contributed by atoms with Gasteiger partial charge in [-0.15, -0.1) is 0 Å².